The molecule has 0 N–H and O–H groups in total. The molecule has 0 spiro atoms. The van der Waals surface area contributed by atoms with E-state index in [4.69, 9.17) is 4.52 Å². The first-order valence-corrected chi connectivity index (χ1v) is 11.8. The van der Waals surface area contributed by atoms with E-state index in [2.05, 4.69) is 10.1 Å². The molecule has 4 rings (SSSR count). The highest BCUT2D eigenvalue weighted by atomic mass is 32.2. The predicted octanol–water partition coefficient (Wildman–Crippen LogP) is 1.40. The molecule has 9 heteroatoms. The Labute approximate surface area is 160 Å². The number of hydrogen-bond acceptors (Lipinski definition) is 6. The van der Waals surface area contributed by atoms with Crippen molar-refractivity contribution in [3.63, 3.8) is 0 Å². The molecule has 3 aliphatic rings. The molecular weight excluding hydrogens is 368 g/mol. The van der Waals surface area contributed by atoms with E-state index in [-0.39, 0.29) is 11.8 Å². The maximum Gasteiger partial charge on any atom is 0.226 e. The molecule has 0 bridgehead atoms. The zero-order chi connectivity index (χ0) is 19.0. The summed E-state index contributed by atoms with van der Waals surface area (Å²) in [6, 6.07) is 0. The molecule has 0 radical (unpaired) electrons. The Hall–Kier alpha value is -1.48. The average molecular weight is 397 g/mol. The van der Waals surface area contributed by atoms with Crippen LogP contribution in [0.15, 0.2) is 4.52 Å². The Kier molecular flexibility index (Phi) is 5.24. The second-order valence-electron chi connectivity index (χ2n) is 8.25. The van der Waals surface area contributed by atoms with Gasteiger partial charge < -0.3 is 9.42 Å². The Balaban J connectivity index is 1.30. The van der Waals surface area contributed by atoms with E-state index in [1.165, 1.54) is 10.6 Å². The summed E-state index contributed by atoms with van der Waals surface area (Å²) in [5.41, 5.74) is 0. The average Bonchev–Trinajstić information content (AvgIpc) is 3.40. The number of aromatic nitrogens is 2. The van der Waals surface area contributed by atoms with Crippen LogP contribution >= 0.6 is 0 Å². The van der Waals surface area contributed by atoms with Gasteiger partial charge in [0.2, 0.25) is 21.8 Å². The van der Waals surface area contributed by atoms with Crippen molar-refractivity contribution in [1.29, 1.82) is 0 Å². The standard InChI is InChI=1S/C18H28N4O4S/c1-27(24,25)22-9-6-15(7-10-22)18(23)21-8-2-3-13(12-21)11-16-19-17(20-26-16)14-4-5-14/h13-15H,2-12H2,1H3/t13-/m0/s1. The third kappa shape index (κ3) is 4.51. The van der Waals surface area contributed by atoms with Gasteiger partial charge in [-0.2, -0.15) is 4.98 Å². The van der Waals surface area contributed by atoms with Gasteiger partial charge in [-0.3, -0.25) is 4.79 Å². The number of carbonyl (C=O) groups is 1. The van der Waals surface area contributed by atoms with E-state index < -0.39 is 10.0 Å². The molecule has 0 aromatic carbocycles. The van der Waals surface area contributed by atoms with Crippen molar-refractivity contribution in [3.8, 4) is 0 Å². The molecule has 27 heavy (non-hydrogen) atoms. The van der Waals surface area contributed by atoms with Crippen LogP contribution < -0.4 is 0 Å². The van der Waals surface area contributed by atoms with E-state index in [1.54, 1.807) is 0 Å². The zero-order valence-electron chi connectivity index (χ0n) is 15.8. The number of piperidine rings is 2. The minimum atomic E-state index is -3.16. The smallest absolute Gasteiger partial charge is 0.226 e. The molecule has 2 aliphatic heterocycles. The summed E-state index contributed by atoms with van der Waals surface area (Å²) in [6.07, 6.45) is 7.56. The molecule has 2 saturated heterocycles. The number of hydrogen-bond donors (Lipinski definition) is 0. The second-order valence-corrected chi connectivity index (χ2v) is 10.2. The van der Waals surface area contributed by atoms with Crippen molar-refractivity contribution in [1.82, 2.24) is 19.3 Å². The monoisotopic (exact) mass is 396 g/mol. The Morgan fingerprint density at radius 1 is 1.15 bits per heavy atom. The minimum Gasteiger partial charge on any atom is -0.342 e. The van der Waals surface area contributed by atoms with E-state index >= 15 is 0 Å². The van der Waals surface area contributed by atoms with E-state index in [0.29, 0.717) is 43.7 Å². The van der Waals surface area contributed by atoms with Gasteiger partial charge in [-0.05, 0) is 44.4 Å². The summed E-state index contributed by atoms with van der Waals surface area (Å²) in [5.74, 6) is 2.49. The molecule has 3 fully saturated rings. The lowest BCUT2D eigenvalue weighted by Crippen LogP contribution is -2.47. The maximum absolute atomic E-state index is 12.9. The normalized spacial score (nSPS) is 25.7. The van der Waals surface area contributed by atoms with Crippen molar-refractivity contribution in [2.24, 2.45) is 11.8 Å². The molecule has 1 saturated carbocycles. The number of rotatable bonds is 5. The van der Waals surface area contributed by atoms with Crippen LogP contribution in [0.2, 0.25) is 0 Å². The van der Waals surface area contributed by atoms with Gasteiger partial charge in [0.15, 0.2) is 5.82 Å². The Morgan fingerprint density at radius 2 is 1.89 bits per heavy atom. The van der Waals surface area contributed by atoms with E-state index in [0.717, 1.165) is 51.0 Å². The van der Waals surface area contributed by atoms with Crippen molar-refractivity contribution in [2.45, 2.75) is 50.9 Å². The van der Waals surface area contributed by atoms with E-state index in [9.17, 15) is 13.2 Å². The third-order valence-corrected chi connectivity index (χ3v) is 7.30. The zero-order valence-corrected chi connectivity index (χ0v) is 16.7. The van der Waals surface area contributed by atoms with Crippen LogP contribution in [-0.4, -0.2) is 66.1 Å². The van der Waals surface area contributed by atoms with Crippen LogP contribution in [0.1, 0.15) is 56.2 Å². The number of carbonyl (C=O) groups excluding carboxylic acids is 1. The summed E-state index contributed by atoms with van der Waals surface area (Å²) in [7, 11) is -3.16. The van der Waals surface area contributed by atoms with Gasteiger partial charge in [-0.25, -0.2) is 12.7 Å². The highest BCUT2D eigenvalue weighted by Crippen LogP contribution is 2.38. The Morgan fingerprint density at radius 3 is 2.56 bits per heavy atom. The molecular formula is C18H28N4O4S. The van der Waals surface area contributed by atoms with Gasteiger partial charge in [0.25, 0.3) is 0 Å². The van der Waals surface area contributed by atoms with Gasteiger partial charge in [0.1, 0.15) is 0 Å². The largest absolute Gasteiger partial charge is 0.342 e. The molecule has 1 amide bonds. The van der Waals surface area contributed by atoms with Gasteiger partial charge in [0.05, 0.1) is 6.26 Å². The highest BCUT2D eigenvalue weighted by molar-refractivity contribution is 7.88. The van der Waals surface area contributed by atoms with Gasteiger partial charge >= 0.3 is 0 Å². The first-order chi connectivity index (χ1) is 12.9. The molecule has 3 heterocycles. The first-order valence-electron chi connectivity index (χ1n) is 9.96. The molecule has 150 valence electrons. The quantitative estimate of drug-likeness (QED) is 0.746. The SMILES string of the molecule is CS(=O)(=O)N1CCC(C(=O)N2CCC[C@@H](Cc3nc(C4CC4)no3)C2)CC1. The van der Waals surface area contributed by atoms with Crippen LogP contribution in [0, 0.1) is 11.8 Å². The molecule has 1 atom stereocenters. The summed E-state index contributed by atoms with van der Waals surface area (Å²) < 4.78 is 30.2. The van der Waals surface area contributed by atoms with Crippen LogP contribution in [0.3, 0.4) is 0 Å². The van der Waals surface area contributed by atoms with Gasteiger partial charge in [-0.15, -0.1) is 0 Å². The number of nitrogens with zero attached hydrogens (tertiary/aromatic N) is 4. The van der Waals surface area contributed by atoms with Gasteiger partial charge in [-0.1, -0.05) is 5.16 Å². The molecule has 1 aliphatic carbocycles. The fourth-order valence-corrected chi connectivity index (χ4v) is 5.10. The van der Waals surface area contributed by atoms with Crippen LogP contribution in [-0.2, 0) is 21.2 Å². The van der Waals surface area contributed by atoms with Crippen LogP contribution in [0.4, 0.5) is 0 Å². The third-order valence-electron chi connectivity index (χ3n) is 5.99. The lowest BCUT2D eigenvalue weighted by atomic mass is 9.91. The highest BCUT2D eigenvalue weighted by Gasteiger charge is 2.34. The molecule has 1 aromatic heterocycles. The summed E-state index contributed by atoms with van der Waals surface area (Å²) in [4.78, 5) is 19.4. The lowest BCUT2D eigenvalue weighted by molar-refractivity contribution is -0.138. The first kappa shape index (κ1) is 18.9. The van der Waals surface area contributed by atoms with Crippen molar-refractivity contribution < 1.29 is 17.7 Å². The van der Waals surface area contributed by atoms with Crippen molar-refractivity contribution >= 4 is 15.9 Å². The second kappa shape index (κ2) is 7.50. The summed E-state index contributed by atoms with van der Waals surface area (Å²) in [6.45, 7) is 2.40. The molecule has 1 aromatic rings. The topological polar surface area (TPSA) is 96.6 Å². The van der Waals surface area contributed by atoms with E-state index in [1.807, 2.05) is 4.90 Å². The molecule has 8 nitrogen and oxygen atoms in total. The van der Waals surface area contributed by atoms with Crippen LogP contribution in [0.25, 0.3) is 0 Å². The predicted molar refractivity (Wildman–Crippen MR) is 98.4 cm³/mol. The maximum atomic E-state index is 12.9. The fourth-order valence-electron chi connectivity index (χ4n) is 4.23. The Bertz CT molecular complexity index is 781. The number of likely N-dealkylation sites (tertiary alicyclic amines) is 1. The molecule has 0 unspecified atom stereocenters. The van der Waals surface area contributed by atoms with Crippen molar-refractivity contribution in [3.05, 3.63) is 11.7 Å². The number of amides is 1. The van der Waals surface area contributed by atoms with Gasteiger partial charge in [0, 0.05) is 44.4 Å². The van der Waals surface area contributed by atoms with Crippen LogP contribution in [0.5, 0.6) is 0 Å². The number of sulfonamides is 1. The lowest BCUT2D eigenvalue weighted by Gasteiger charge is -2.37. The summed E-state index contributed by atoms with van der Waals surface area (Å²) >= 11 is 0. The summed E-state index contributed by atoms with van der Waals surface area (Å²) in [5, 5.41) is 4.08. The van der Waals surface area contributed by atoms with Crippen molar-refractivity contribution in [2.75, 3.05) is 32.4 Å². The minimum absolute atomic E-state index is 0.0633. The fraction of sp³-hybridized carbons (Fsp3) is 0.833.